The van der Waals surface area contributed by atoms with Crippen molar-refractivity contribution < 1.29 is 8.83 Å². The SMILES string of the molecule is c1ccc(-c2ccc(N(c3ccc(-c4cccc5c4oc4cc6c(cc45)-c4ccccc4C6(c4ccccc4)c4ccccc4)cc3)c3cccc4c3oc3ccccc34)cc2)cc1. The number of furan rings is 2. The molecule has 1 aliphatic carbocycles. The summed E-state index contributed by atoms with van der Waals surface area (Å²) < 4.78 is 13.7. The number of hydrogen-bond acceptors (Lipinski definition) is 3. The molecule has 2 heterocycles. The average molecular weight is 818 g/mol. The molecule has 300 valence electrons. The molecule has 0 fully saturated rings. The van der Waals surface area contributed by atoms with Crippen molar-refractivity contribution in [3.8, 4) is 33.4 Å². The van der Waals surface area contributed by atoms with Crippen molar-refractivity contribution in [3.63, 3.8) is 0 Å². The quantitative estimate of drug-likeness (QED) is 0.160. The van der Waals surface area contributed by atoms with Gasteiger partial charge in [-0.3, -0.25) is 0 Å². The maximum absolute atomic E-state index is 7.05. The molecule has 3 nitrogen and oxygen atoms in total. The molecule has 0 bridgehead atoms. The summed E-state index contributed by atoms with van der Waals surface area (Å²) >= 11 is 0. The van der Waals surface area contributed by atoms with Crippen LogP contribution in [0.1, 0.15) is 22.3 Å². The summed E-state index contributed by atoms with van der Waals surface area (Å²) in [6.07, 6.45) is 0. The first-order chi connectivity index (χ1) is 31.7. The third-order valence-electron chi connectivity index (χ3n) is 13.4. The van der Waals surface area contributed by atoms with Crippen LogP contribution in [0.5, 0.6) is 0 Å². The van der Waals surface area contributed by atoms with Crippen molar-refractivity contribution in [1.29, 1.82) is 0 Å². The first kappa shape index (κ1) is 36.3. The number of fused-ring (bicyclic) bond motifs is 9. The third-order valence-corrected chi connectivity index (χ3v) is 13.4. The highest BCUT2D eigenvalue weighted by molar-refractivity contribution is 6.13. The summed E-state index contributed by atoms with van der Waals surface area (Å²) in [5.41, 5.74) is 18.0. The zero-order valence-electron chi connectivity index (χ0n) is 34.8. The Morgan fingerprint density at radius 3 is 1.56 bits per heavy atom. The van der Waals surface area contributed by atoms with Crippen LogP contribution in [0.3, 0.4) is 0 Å². The Bertz CT molecular complexity index is 3660. The molecule has 12 aromatic rings. The predicted molar refractivity (Wildman–Crippen MR) is 264 cm³/mol. The molecule has 0 N–H and O–H groups in total. The average Bonchev–Trinajstić information content (AvgIpc) is 4.03. The molecule has 1 aliphatic rings. The lowest BCUT2D eigenvalue weighted by Crippen LogP contribution is -2.28. The van der Waals surface area contributed by atoms with E-state index in [0.717, 1.165) is 72.1 Å². The number of anilines is 3. The highest BCUT2D eigenvalue weighted by Crippen LogP contribution is 2.57. The smallest absolute Gasteiger partial charge is 0.159 e. The molecule has 0 radical (unpaired) electrons. The number of hydrogen-bond donors (Lipinski definition) is 0. The van der Waals surface area contributed by atoms with E-state index in [9.17, 15) is 0 Å². The molecule has 0 saturated heterocycles. The van der Waals surface area contributed by atoms with Crippen LogP contribution in [0.25, 0.3) is 77.3 Å². The summed E-state index contributed by atoms with van der Waals surface area (Å²) in [4.78, 5) is 2.30. The standard InChI is InChI=1S/C61H39NO2/c1-4-16-40(17-5-1)41-30-34-45(35-31-41)62(56-28-15-26-50-49-23-11-13-29-57(49)63-60(50)56)46-36-32-42(33-37-46)47-24-14-25-51-53-38-52-48-22-10-12-27-54(48)61(43-18-6-2-7-19-43,44-20-8-3-9-21-44)55(52)39-58(53)64-59(47)51/h1-39H. The lowest BCUT2D eigenvalue weighted by molar-refractivity contribution is 0.667. The summed E-state index contributed by atoms with van der Waals surface area (Å²) in [5, 5.41) is 4.41. The monoisotopic (exact) mass is 817 g/mol. The topological polar surface area (TPSA) is 29.5 Å². The van der Waals surface area contributed by atoms with E-state index in [0.29, 0.717) is 0 Å². The maximum atomic E-state index is 7.05. The molecule has 0 spiro atoms. The zero-order valence-corrected chi connectivity index (χ0v) is 34.8. The van der Waals surface area contributed by atoms with Gasteiger partial charge < -0.3 is 13.7 Å². The molecule has 64 heavy (non-hydrogen) atoms. The van der Waals surface area contributed by atoms with Crippen molar-refractivity contribution in [1.82, 2.24) is 0 Å². The molecule has 3 heteroatoms. The molecule has 2 aromatic heterocycles. The minimum atomic E-state index is -0.499. The Labute approximate surface area is 370 Å². The maximum Gasteiger partial charge on any atom is 0.159 e. The Morgan fingerprint density at radius 2 is 0.844 bits per heavy atom. The first-order valence-electron chi connectivity index (χ1n) is 21.9. The second kappa shape index (κ2) is 14.3. The molecule has 0 aliphatic heterocycles. The van der Waals surface area contributed by atoms with Crippen molar-refractivity contribution in [2.75, 3.05) is 4.90 Å². The second-order valence-electron chi connectivity index (χ2n) is 16.8. The van der Waals surface area contributed by atoms with Gasteiger partial charge in [-0.25, -0.2) is 0 Å². The van der Waals surface area contributed by atoms with Gasteiger partial charge in [0.2, 0.25) is 0 Å². The number of rotatable bonds is 7. The van der Waals surface area contributed by atoms with E-state index in [4.69, 9.17) is 8.83 Å². The van der Waals surface area contributed by atoms with Gasteiger partial charge in [-0.05, 0) is 98.6 Å². The van der Waals surface area contributed by atoms with Crippen molar-refractivity contribution in [2.24, 2.45) is 0 Å². The van der Waals surface area contributed by atoms with Gasteiger partial charge in [0, 0.05) is 38.5 Å². The summed E-state index contributed by atoms with van der Waals surface area (Å²) in [7, 11) is 0. The number of para-hydroxylation sites is 3. The lowest BCUT2D eigenvalue weighted by Gasteiger charge is -2.33. The van der Waals surface area contributed by atoms with Crippen molar-refractivity contribution in [3.05, 3.63) is 259 Å². The fraction of sp³-hybridized carbons (Fsp3) is 0.0164. The highest BCUT2D eigenvalue weighted by atomic mass is 16.3. The molecule has 13 rings (SSSR count). The fourth-order valence-corrected chi connectivity index (χ4v) is 10.5. The molecule has 0 atom stereocenters. The minimum absolute atomic E-state index is 0.499. The Kier molecular flexibility index (Phi) is 8.13. The van der Waals surface area contributed by atoms with Gasteiger partial charge >= 0.3 is 0 Å². The van der Waals surface area contributed by atoms with Gasteiger partial charge in [0.1, 0.15) is 16.7 Å². The van der Waals surface area contributed by atoms with E-state index >= 15 is 0 Å². The van der Waals surface area contributed by atoms with Gasteiger partial charge in [-0.15, -0.1) is 0 Å². The highest BCUT2D eigenvalue weighted by Gasteiger charge is 2.46. The lowest BCUT2D eigenvalue weighted by atomic mass is 9.67. The van der Waals surface area contributed by atoms with Crippen molar-refractivity contribution in [2.45, 2.75) is 5.41 Å². The van der Waals surface area contributed by atoms with Crippen LogP contribution in [0, 0.1) is 0 Å². The van der Waals surface area contributed by atoms with Crippen LogP contribution < -0.4 is 4.90 Å². The summed E-state index contributed by atoms with van der Waals surface area (Å²) in [6, 6.07) is 84.9. The van der Waals surface area contributed by atoms with Crippen LogP contribution in [-0.2, 0) is 5.41 Å². The van der Waals surface area contributed by atoms with Gasteiger partial charge in [-0.2, -0.15) is 0 Å². The molecular weight excluding hydrogens is 779 g/mol. The van der Waals surface area contributed by atoms with Gasteiger partial charge in [0.15, 0.2) is 5.58 Å². The normalized spacial score (nSPS) is 12.8. The van der Waals surface area contributed by atoms with Gasteiger partial charge in [0.05, 0.1) is 11.1 Å². The van der Waals surface area contributed by atoms with E-state index in [2.05, 4.69) is 229 Å². The van der Waals surface area contributed by atoms with Crippen molar-refractivity contribution >= 4 is 60.9 Å². The largest absolute Gasteiger partial charge is 0.455 e. The van der Waals surface area contributed by atoms with E-state index in [1.54, 1.807) is 0 Å². The Morgan fingerprint density at radius 1 is 0.312 bits per heavy atom. The molecule has 0 unspecified atom stereocenters. The third kappa shape index (κ3) is 5.41. The summed E-state index contributed by atoms with van der Waals surface area (Å²) in [6.45, 7) is 0. The predicted octanol–water partition coefficient (Wildman–Crippen LogP) is 16.7. The van der Waals surface area contributed by atoms with E-state index in [1.165, 1.54) is 44.5 Å². The van der Waals surface area contributed by atoms with Crippen LogP contribution in [0.15, 0.2) is 245 Å². The first-order valence-corrected chi connectivity index (χ1v) is 21.9. The van der Waals surface area contributed by atoms with E-state index in [-0.39, 0.29) is 0 Å². The Hall–Kier alpha value is -8.40. The zero-order chi connectivity index (χ0) is 42.2. The summed E-state index contributed by atoms with van der Waals surface area (Å²) in [5.74, 6) is 0. The van der Waals surface area contributed by atoms with E-state index in [1.807, 2.05) is 12.1 Å². The number of benzene rings is 10. The van der Waals surface area contributed by atoms with Crippen LogP contribution in [0.2, 0.25) is 0 Å². The molecular formula is C61H39NO2. The minimum Gasteiger partial charge on any atom is -0.455 e. The van der Waals surface area contributed by atoms with E-state index < -0.39 is 5.41 Å². The Balaban J connectivity index is 0.955. The number of nitrogens with zero attached hydrogens (tertiary/aromatic N) is 1. The fourth-order valence-electron chi connectivity index (χ4n) is 10.5. The van der Waals surface area contributed by atoms with Crippen LogP contribution in [-0.4, -0.2) is 0 Å². The molecule has 0 amide bonds. The van der Waals surface area contributed by atoms with Gasteiger partial charge in [0.25, 0.3) is 0 Å². The second-order valence-corrected chi connectivity index (χ2v) is 16.8. The molecule has 10 aromatic carbocycles. The van der Waals surface area contributed by atoms with Crippen LogP contribution in [0.4, 0.5) is 17.1 Å². The van der Waals surface area contributed by atoms with Gasteiger partial charge in [-0.1, -0.05) is 188 Å². The molecule has 0 saturated carbocycles. The van der Waals surface area contributed by atoms with Crippen LogP contribution >= 0.6 is 0 Å².